The normalized spacial score (nSPS) is 20.9. The molecule has 4 heteroatoms. The van der Waals surface area contributed by atoms with E-state index in [2.05, 4.69) is 18.3 Å². The highest BCUT2D eigenvalue weighted by Gasteiger charge is 2.19. The summed E-state index contributed by atoms with van der Waals surface area (Å²) < 4.78 is 0. The minimum absolute atomic E-state index is 0.250. The van der Waals surface area contributed by atoms with Gasteiger partial charge in [0.15, 0.2) is 0 Å². The van der Waals surface area contributed by atoms with Crippen molar-refractivity contribution in [3.63, 3.8) is 0 Å². The zero-order valence-corrected chi connectivity index (χ0v) is 9.93. The van der Waals surface area contributed by atoms with Crippen molar-refractivity contribution in [2.75, 3.05) is 14.1 Å². The second-order valence-corrected chi connectivity index (χ2v) is 4.27. The average Bonchev–Trinajstić information content (AvgIpc) is 2.25. The van der Waals surface area contributed by atoms with Gasteiger partial charge in [-0.1, -0.05) is 25.2 Å². The van der Waals surface area contributed by atoms with E-state index in [1.54, 1.807) is 14.1 Å². The summed E-state index contributed by atoms with van der Waals surface area (Å²) in [5, 5.41) is 2.67. The van der Waals surface area contributed by atoms with Crippen molar-refractivity contribution in [2.45, 2.75) is 19.4 Å². The van der Waals surface area contributed by atoms with Gasteiger partial charge in [-0.2, -0.15) is 0 Å². The van der Waals surface area contributed by atoms with E-state index in [1.807, 2.05) is 12.2 Å². The summed E-state index contributed by atoms with van der Waals surface area (Å²) in [5.74, 6) is 0.415. The first-order chi connectivity index (χ1) is 7.54. The molecule has 2 atom stereocenters. The fourth-order valence-corrected chi connectivity index (χ4v) is 1.58. The molecule has 0 saturated carbocycles. The number of aldehydes is 1. The lowest BCUT2D eigenvalue weighted by Crippen LogP contribution is -2.43. The lowest BCUT2D eigenvalue weighted by Gasteiger charge is -2.22. The Kier molecular flexibility index (Phi) is 4.28. The van der Waals surface area contributed by atoms with Crippen LogP contribution in [0, 0.1) is 5.92 Å². The highest BCUT2D eigenvalue weighted by Crippen LogP contribution is 2.20. The molecule has 1 aliphatic carbocycles. The van der Waals surface area contributed by atoms with Crippen molar-refractivity contribution in [2.24, 2.45) is 5.92 Å². The Hall–Kier alpha value is -1.58. The van der Waals surface area contributed by atoms with Gasteiger partial charge in [0.2, 0.25) is 0 Å². The van der Waals surface area contributed by atoms with Gasteiger partial charge < -0.3 is 15.0 Å². The number of urea groups is 1. The summed E-state index contributed by atoms with van der Waals surface area (Å²) >= 11 is 0. The van der Waals surface area contributed by atoms with Gasteiger partial charge in [-0.15, -0.1) is 0 Å². The van der Waals surface area contributed by atoms with Gasteiger partial charge in [0.25, 0.3) is 0 Å². The van der Waals surface area contributed by atoms with E-state index < -0.39 is 6.04 Å². The van der Waals surface area contributed by atoms with Crippen LogP contribution in [0.25, 0.3) is 0 Å². The Morgan fingerprint density at radius 3 is 2.81 bits per heavy atom. The van der Waals surface area contributed by atoms with Crippen molar-refractivity contribution in [1.29, 1.82) is 0 Å². The van der Waals surface area contributed by atoms with Gasteiger partial charge in [0, 0.05) is 14.1 Å². The Morgan fingerprint density at radius 1 is 1.62 bits per heavy atom. The average molecular weight is 222 g/mol. The number of carbonyl (C=O) groups is 2. The number of amides is 2. The van der Waals surface area contributed by atoms with Crippen molar-refractivity contribution in [3.05, 3.63) is 23.8 Å². The molecule has 2 amide bonds. The van der Waals surface area contributed by atoms with Gasteiger partial charge in [-0.3, -0.25) is 0 Å². The van der Waals surface area contributed by atoms with E-state index in [-0.39, 0.29) is 6.03 Å². The minimum Gasteiger partial charge on any atom is -0.331 e. The number of rotatable bonds is 3. The number of hydrogen-bond acceptors (Lipinski definition) is 2. The van der Waals surface area contributed by atoms with Crippen LogP contribution in [0.15, 0.2) is 23.8 Å². The molecule has 0 heterocycles. The van der Waals surface area contributed by atoms with Gasteiger partial charge in [0.1, 0.15) is 12.3 Å². The summed E-state index contributed by atoms with van der Waals surface area (Å²) in [5.41, 5.74) is 0.959. The Labute approximate surface area is 96.0 Å². The number of carbonyl (C=O) groups excluding carboxylic acids is 2. The van der Waals surface area contributed by atoms with E-state index in [9.17, 15) is 9.59 Å². The summed E-state index contributed by atoms with van der Waals surface area (Å²) in [6, 6.07) is -0.762. The van der Waals surface area contributed by atoms with Gasteiger partial charge in [-0.25, -0.2) is 4.79 Å². The summed E-state index contributed by atoms with van der Waals surface area (Å²) in [4.78, 5) is 23.8. The molecule has 4 nitrogen and oxygen atoms in total. The number of allylic oxidation sites excluding steroid dienone is 3. The Bertz CT molecular complexity index is 332. The van der Waals surface area contributed by atoms with Crippen LogP contribution in [-0.4, -0.2) is 37.4 Å². The molecule has 0 bridgehead atoms. The maximum Gasteiger partial charge on any atom is 0.317 e. The maximum absolute atomic E-state index is 11.4. The van der Waals surface area contributed by atoms with Gasteiger partial charge >= 0.3 is 6.03 Å². The van der Waals surface area contributed by atoms with Crippen LogP contribution in [0.5, 0.6) is 0 Å². The van der Waals surface area contributed by atoms with Crippen LogP contribution in [0.1, 0.15) is 13.3 Å². The van der Waals surface area contributed by atoms with Crippen molar-refractivity contribution < 1.29 is 9.59 Å². The molecule has 0 saturated heterocycles. The van der Waals surface area contributed by atoms with Crippen molar-refractivity contribution >= 4 is 12.3 Å². The Morgan fingerprint density at radius 2 is 2.31 bits per heavy atom. The standard InChI is InChI=1S/C12H18N2O2/c1-9-5-4-6-10(7-9)11(8-15)13-12(16)14(2)3/h4-6,8-9,11H,7H2,1-3H3,(H,13,16). The van der Waals surface area contributed by atoms with E-state index in [4.69, 9.17) is 0 Å². The zero-order valence-electron chi connectivity index (χ0n) is 9.93. The molecule has 0 aliphatic heterocycles. The first-order valence-electron chi connectivity index (χ1n) is 5.35. The number of nitrogens with zero attached hydrogens (tertiary/aromatic N) is 1. The number of nitrogens with one attached hydrogen (secondary N) is 1. The molecule has 0 aromatic heterocycles. The molecule has 0 fully saturated rings. The first-order valence-corrected chi connectivity index (χ1v) is 5.35. The second kappa shape index (κ2) is 5.49. The topological polar surface area (TPSA) is 49.4 Å². The largest absolute Gasteiger partial charge is 0.331 e. The van der Waals surface area contributed by atoms with E-state index in [1.165, 1.54) is 4.90 Å². The number of hydrogen-bond donors (Lipinski definition) is 1. The first kappa shape index (κ1) is 12.5. The Balaban J connectivity index is 2.68. The van der Waals surface area contributed by atoms with E-state index in [0.29, 0.717) is 5.92 Å². The molecule has 1 rings (SSSR count). The molecular weight excluding hydrogens is 204 g/mol. The van der Waals surface area contributed by atoms with Crippen LogP contribution in [0.4, 0.5) is 4.79 Å². The van der Waals surface area contributed by atoms with Crippen LogP contribution in [-0.2, 0) is 4.79 Å². The van der Waals surface area contributed by atoms with Gasteiger partial charge in [0.05, 0.1) is 0 Å². The lowest BCUT2D eigenvalue weighted by molar-refractivity contribution is -0.108. The molecule has 0 aromatic rings. The monoisotopic (exact) mass is 222 g/mol. The van der Waals surface area contributed by atoms with Gasteiger partial charge in [-0.05, 0) is 17.9 Å². The highest BCUT2D eigenvalue weighted by atomic mass is 16.2. The molecule has 16 heavy (non-hydrogen) atoms. The second-order valence-electron chi connectivity index (χ2n) is 4.27. The fourth-order valence-electron chi connectivity index (χ4n) is 1.58. The molecule has 0 aromatic carbocycles. The van der Waals surface area contributed by atoms with Crippen LogP contribution >= 0.6 is 0 Å². The third-order valence-electron chi connectivity index (χ3n) is 2.53. The SMILES string of the molecule is CC1C=CC=C(C(C=O)NC(=O)N(C)C)C1. The molecular formula is C12H18N2O2. The minimum atomic E-state index is -0.512. The highest BCUT2D eigenvalue weighted by molar-refractivity contribution is 5.79. The van der Waals surface area contributed by atoms with Crippen LogP contribution < -0.4 is 5.32 Å². The van der Waals surface area contributed by atoms with Crippen molar-refractivity contribution in [3.8, 4) is 0 Å². The molecule has 2 unspecified atom stereocenters. The summed E-state index contributed by atoms with van der Waals surface area (Å²) in [7, 11) is 3.30. The van der Waals surface area contributed by atoms with Crippen molar-refractivity contribution in [1.82, 2.24) is 10.2 Å². The molecule has 1 N–H and O–H groups in total. The lowest BCUT2D eigenvalue weighted by atomic mass is 9.92. The van der Waals surface area contributed by atoms with E-state index in [0.717, 1.165) is 18.3 Å². The van der Waals surface area contributed by atoms with E-state index >= 15 is 0 Å². The predicted molar refractivity (Wildman–Crippen MR) is 63.1 cm³/mol. The smallest absolute Gasteiger partial charge is 0.317 e. The zero-order chi connectivity index (χ0) is 12.1. The molecule has 0 radical (unpaired) electrons. The summed E-state index contributed by atoms with van der Waals surface area (Å²) in [6.07, 6.45) is 7.50. The molecule has 0 spiro atoms. The third-order valence-corrected chi connectivity index (χ3v) is 2.53. The summed E-state index contributed by atoms with van der Waals surface area (Å²) in [6.45, 7) is 2.08. The third kappa shape index (κ3) is 3.22. The van der Waals surface area contributed by atoms with Crippen LogP contribution in [0.2, 0.25) is 0 Å². The quantitative estimate of drug-likeness (QED) is 0.733. The maximum atomic E-state index is 11.4. The molecule has 88 valence electrons. The predicted octanol–water partition coefficient (Wildman–Crippen LogP) is 1.35. The fraction of sp³-hybridized carbons (Fsp3) is 0.500. The van der Waals surface area contributed by atoms with Crippen LogP contribution in [0.3, 0.4) is 0 Å². The molecule has 1 aliphatic rings.